The molecule has 1 aromatic carbocycles. The molecule has 0 amide bonds. The average Bonchev–Trinajstić information content (AvgIpc) is 2.99. The zero-order valence-corrected chi connectivity index (χ0v) is 12.8. The maximum atomic E-state index is 12.7. The molecule has 0 spiro atoms. The summed E-state index contributed by atoms with van der Waals surface area (Å²) in [7, 11) is 0. The molecule has 3 aliphatic heterocycles. The molecule has 23 heavy (non-hydrogen) atoms. The van der Waals surface area contributed by atoms with Crippen molar-refractivity contribution in [3.63, 3.8) is 0 Å². The van der Waals surface area contributed by atoms with E-state index in [-0.39, 0.29) is 11.3 Å². The van der Waals surface area contributed by atoms with Gasteiger partial charge in [0.2, 0.25) is 0 Å². The number of carboxylic acid groups (broad SMARTS) is 1. The number of aromatic carboxylic acids is 1. The molecule has 2 aromatic rings. The summed E-state index contributed by atoms with van der Waals surface area (Å²) in [5.74, 6) is 0.155. The van der Waals surface area contributed by atoms with Crippen LogP contribution in [-0.2, 0) is 0 Å². The summed E-state index contributed by atoms with van der Waals surface area (Å²) < 4.78 is 0. The number of nitrogens with zero attached hydrogens (tertiary/aromatic N) is 2. The number of benzene rings is 1. The number of carbonyl (C=O) groups is 2. The maximum Gasteiger partial charge on any atom is 0.335 e. The third-order valence-electron chi connectivity index (χ3n) is 5.31. The van der Waals surface area contributed by atoms with Gasteiger partial charge in [-0.3, -0.25) is 9.89 Å². The summed E-state index contributed by atoms with van der Waals surface area (Å²) >= 11 is 0. The van der Waals surface area contributed by atoms with Crippen molar-refractivity contribution in [2.45, 2.75) is 19.3 Å². The molecule has 5 rings (SSSR count). The molecule has 0 aliphatic carbocycles. The Labute approximate surface area is 133 Å². The van der Waals surface area contributed by atoms with Gasteiger partial charge in [0, 0.05) is 18.4 Å². The highest BCUT2D eigenvalue weighted by atomic mass is 16.4. The van der Waals surface area contributed by atoms with Crippen LogP contribution in [0.2, 0.25) is 0 Å². The number of carbonyl (C=O) groups excluding carboxylic acids is 1. The zero-order valence-electron chi connectivity index (χ0n) is 12.8. The van der Waals surface area contributed by atoms with Crippen molar-refractivity contribution in [2.24, 2.45) is 11.8 Å². The SMILES string of the molecule is O=C(O)c1ccc2c(C(=O)C[C@H]3CN4CCC3CC4)n[nH]c2c1. The molecule has 3 saturated heterocycles. The van der Waals surface area contributed by atoms with Crippen molar-refractivity contribution in [1.29, 1.82) is 0 Å². The Balaban J connectivity index is 1.56. The number of hydrogen-bond donors (Lipinski definition) is 2. The van der Waals surface area contributed by atoms with E-state index in [2.05, 4.69) is 15.1 Å². The molecule has 6 heteroatoms. The van der Waals surface area contributed by atoms with Gasteiger partial charge in [0.1, 0.15) is 5.69 Å². The van der Waals surface area contributed by atoms with Gasteiger partial charge in [-0.1, -0.05) is 0 Å². The predicted octanol–water partition coefficient (Wildman–Crippen LogP) is 2.18. The van der Waals surface area contributed by atoms with E-state index in [1.165, 1.54) is 38.1 Å². The molecule has 3 aliphatic rings. The highest BCUT2D eigenvalue weighted by Crippen LogP contribution is 2.35. The minimum Gasteiger partial charge on any atom is -0.478 e. The Bertz CT molecular complexity index is 774. The van der Waals surface area contributed by atoms with Gasteiger partial charge in [-0.2, -0.15) is 5.10 Å². The van der Waals surface area contributed by atoms with Crippen molar-refractivity contribution in [3.05, 3.63) is 29.5 Å². The number of Topliss-reactive ketones (excluding diaryl/α,β-unsaturated/α-hetero) is 1. The highest BCUT2D eigenvalue weighted by Gasteiger charge is 2.35. The Kier molecular flexibility index (Phi) is 3.41. The first kappa shape index (κ1) is 14.4. The topological polar surface area (TPSA) is 86.3 Å². The lowest BCUT2D eigenvalue weighted by Crippen LogP contribution is -2.47. The fourth-order valence-corrected chi connectivity index (χ4v) is 4.02. The second kappa shape index (κ2) is 5.45. The molecular weight excluding hydrogens is 294 g/mol. The van der Waals surface area contributed by atoms with Gasteiger partial charge in [-0.25, -0.2) is 4.79 Å². The average molecular weight is 313 g/mol. The minimum atomic E-state index is -0.985. The van der Waals surface area contributed by atoms with Crippen LogP contribution in [0.25, 0.3) is 10.9 Å². The fourth-order valence-electron chi connectivity index (χ4n) is 4.02. The van der Waals surface area contributed by atoms with E-state index in [4.69, 9.17) is 5.11 Å². The first-order valence-electron chi connectivity index (χ1n) is 8.09. The lowest BCUT2D eigenvalue weighted by Gasteiger charge is -2.44. The summed E-state index contributed by atoms with van der Waals surface area (Å²) in [4.78, 5) is 26.1. The Morgan fingerprint density at radius 3 is 2.74 bits per heavy atom. The van der Waals surface area contributed by atoms with Gasteiger partial charge in [0.15, 0.2) is 5.78 Å². The maximum absolute atomic E-state index is 12.7. The fraction of sp³-hybridized carbons (Fsp3) is 0.471. The lowest BCUT2D eigenvalue weighted by atomic mass is 9.76. The van der Waals surface area contributed by atoms with E-state index < -0.39 is 5.97 Å². The molecule has 1 aromatic heterocycles. The largest absolute Gasteiger partial charge is 0.478 e. The van der Waals surface area contributed by atoms with Gasteiger partial charge in [0.25, 0.3) is 0 Å². The normalized spacial score (nSPS) is 26.5. The number of aromatic amines is 1. The number of hydrogen-bond acceptors (Lipinski definition) is 4. The number of ketones is 1. The van der Waals surface area contributed by atoms with Crippen LogP contribution in [0.1, 0.15) is 40.1 Å². The smallest absolute Gasteiger partial charge is 0.335 e. The van der Waals surface area contributed by atoms with E-state index in [0.29, 0.717) is 34.9 Å². The van der Waals surface area contributed by atoms with Crippen molar-refractivity contribution >= 4 is 22.7 Å². The van der Waals surface area contributed by atoms with Crippen LogP contribution in [0.3, 0.4) is 0 Å². The number of H-pyrrole nitrogens is 1. The first-order chi connectivity index (χ1) is 11.1. The second-order valence-electron chi connectivity index (χ2n) is 6.66. The second-order valence-corrected chi connectivity index (χ2v) is 6.66. The molecule has 1 atom stereocenters. The molecule has 120 valence electrons. The van der Waals surface area contributed by atoms with Crippen molar-refractivity contribution in [2.75, 3.05) is 19.6 Å². The van der Waals surface area contributed by atoms with Crippen LogP contribution >= 0.6 is 0 Å². The van der Waals surface area contributed by atoms with Crippen molar-refractivity contribution in [1.82, 2.24) is 15.1 Å². The number of aromatic nitrogens is 2. The Morgan fingerprint density at radius 2 is 2.09 bits per heavy atom. The third kappa shape index (κ3) is 2.53. The molecule has 4 heterocycles. The molecule has 0 unspecified atom stereocenters. The van der Waals surface area contributed by atoms with Crippen molar-refractivity contribution < 1.29 is 14.7 Å². The molecule has 2 N–H and O–H groups in total. The molecule has 0 radical (unpaired) electrons. The van der Waals surface area contributed by atoms with Crippen LogP contribution < -0.4 is 0 Å². The molecule has 2 bridgehead atoms. The molecule has 6 nitrogen and oxygen atoms in total. The van der Waals surface area contributed by atoms with E-state index >= 15 is 0 Å². The van der Waals surface area contributed by atoms with Crippen LogP contribution in [-0.4, -0.2) is 51.6 Å². The van der Waals surface area contributed by atoms with E-state index in [9.17, 15) is 9.59 Å². The quantitative estimate of drug-likeness (QED) is 0.845. The summed E-state index contributed by atoms with van der Waals surface area (Å²) in [6.45, 7) is 3.35. The number of carboxylic acids is 1. The van der Waals surface area contributed by atoms with E-state index in [1.54, 1.807) is 6.07 Å². The van der Waals surface area contributed by atoms with Crippen LogP contribution in [0.5, 0.6) is 0 Å². The number of fused-ring (bicyclic) bond motifs is 4. The monoisotopic (exact) mass is 313 g/mol. The van der Waals surface area contributed by atoms with E-state index in [0.717, 1.165) is 6.54 Å². The van der Waals surface area contributed by atoms with Gasteiger partial charge in [-0.15, -0.1) is 0 Å². The summed E-state index contributed by atoms with van der Waals surface area (Å²) in [6.07, 6.45) is 2.92. The first-order valence-corrected chi connectivity index (χ1v) is 8.09. The Morgan fingerprint density at radius 1 is 1.30 bits per heavy atom. The summed E-state index contributed by atoms with van der Waals surface area (Å²) in [6, 6.07) is 4.72. The Hall–Kier alpha value is -2.21. The summed E-state index contributed by atoms with van der Waals surface area (Å²) in [5, 5.41) is 16.7. The van der Waals surface area contributed by atoms with Crippen molar-refractivity contribution in [3.8, 4) is 0 Å². The van der Waals surface area contributed by atoms with Crippen LogP contribution in [0, 0.1) is 11.8 Å². The third-order valence-corrected chi connectivity index (χ3v) is 5.31. The van der Waals surface area contributed by atoms with Crippen LogP contribution in [0.4, 0.5) is 0 Å². The number of piperidine rings is 3. The lowest BCUT2D eigenvalue weighted by molar-refractivity contribution is 0.0440. The zero-order chi connectivity index (χ0) is 16.0. The molecular formula is C17H19N3O3. The van der Waals surface area contributed by atoms with Crippen LogP contribution in [0.15, 0.2) is 18.2 Å². The number of rotatable bonds is 4. The van der Waals surface area contributed by atoms with Gasteiger partial charge >= 0.3 is 5.97 Å². The standard InChI is InChI=1S/C17H19N3O3/c21-15(8-12-9-20-5-3-10(12)4-6-20)16-13-2-1-11(17(22)23)7-14(13)18-19-16/h1-2,7,10,12H,3-6,8-9H2,(H,18,19)(H,22,23)/t12-/m0/s1. The van der Waals surface area contributed by atoms with E-state index in [1.807, 2.05) is 0 Å². The minimum absolute atomic E-state index is 0.0538. The highest BCUT2D eigenvalue weighted by molar-refractivity contribution is 6.07. The number of nitrogens with one attached hydrogen (secondary N) is 1. The molecule has 3 fully saturated rings. The van der Waals surface area contributed by atoms with Gasteiger partial charge < -0.3 is 10.0 Å². The summed E-state index contributed by atoms with van der Waals surface area (Å²) in [5.41, 5.74) is 1.23. The van der Waals surface area contributed by atoms with Gasteiger partial charge in [-0.05, 0) is 56.0 Å². The molecule has 0 saturated carbocycles. The van der Waals surface area contributed by atoms with Gasteiger partial charge in [0.05, 0.1) is 11.1 Å². The predicted molar refractivity (Wildman–Crippen MR) is 84.7 cm³/mol.